The van der Waals surface area contributed by atoms with Crippen molar-refractivity contribution in [2.45, 2.75) is 33.1 Å². The van der Waals surface area contributed by atoms with Crippen LogP contribution in [0.3, 0.4) is 0 Å². The lowest BCUT2D eigenvalue weighted by Crippen LogP contribution is -2.20. The molecule has 1 rings (SSSR count). The van der Waals surface area contributed by atoms with Crippen LogP contribution in [0.15, 0.2) is 11.3 Å². The second-order valence-corrected chi connectivity index (χ2v) is 3.96. The second-order valence-electron chi connectivity index (χ2n) is 3.96. The molecular formula is C9H14N2. The third-order valence-corrected chi connectivity index (χ3v) is 2.25. The van der Waals surface area contributed by atoms with Crippen molar-refractivity contribution in [1.82, 2.24) is 0 Å². The summed E-state index contributed by atoms with van der Waals surface area (Å²) in [6.45, 7) is 4.35. The van der Waals surface area contributed by atoms with Crippen LogP contribution in [0.25, 0.3) is 0 Å². The quantitative estimate of drug-likeness (QED) is 0.573. The summed E-state index contributed by atoms with van der Waals surface area (Å²) >= 11 is 0. The molecule has 0 aromatic rings. The van der Waals surface area contributed by atoms with Crippen molar-refractivity contribution in [2.24, 2.45) is 11.1 Å². The smallest absolute Gasteiger partial charge is 0.0965 e. The van der Waals surface area contributed by atoms with Gasteiger partial charge in [-0.2, -0.15) is 5.26 Å². The third-order valence-electron chi connectivity index (χ3n) is 2.25. The van der Waals surface area contributed by atoms with Crippen molar-refractivity contribution in [3.63, 3.8) is 0 Å². The molecule has 0 radical (unpaired) electrons. The number of allylic oxidation sites excluding steroid dienone is 2. The molecule has 0 aliphatic heterocycles. The van der Waals surface area contributed by atoms with E-state index in [9.17, 15) is 0 Å². The zero-order chi connectivity index (χ0) is 8.48. The van der Waals surface area contributed by atoms with Gasteiger partial charge >= 0.3 is 0 Å². The maximum Gasteiger partial charge on any atom is 0.0965 e. The highest BCUT2D eigenvalue weighted by molar-refractivity contribution is 5.29. The van der Waals surface area contributed by atoms with Crippen LogP contribution in [-0.2, 0) is 0 Å². The molecule has 1 aliphatic carbocycles. The van der Waals surface area contributed by atoms with E-state index in [4.69, 9.17) is 11.0 Å². The van der Waals surface area contributed by atoms with Crippen molar-refractivity contribution in [2.75, 3.05) is 0 Å². The van der Waals surface area contributed by atoms with Crippen LogP contribution >= 0.6 is 0 Å². The van der Waals surface area contributed by atoms with Crippen LogP contribution in [0.2, 0.25) is 0 Å². The lowest BCUT2D eigenvalue weighted by Gasteiger charge is -2.29. The fourth-order valence-electron chi connectivity index (χ4n) is 1.42. The van der Waals surface area contributed by atoms with E-state index in [2.05, 4.69) is 19.9 Å². The van der Waals surface area contributed by atoms with E-state index in [-0.39, 0.29) is 5.41 Å². The van der Waals surface area contributed by atoms with Crippen LogP contribution in [0.1, 0.15) is 33.1 Å². The second kappa shape index (κ2) is 2.58. The predicted molar refractivity (Wildman–Crippen MR) is 44.5 cm³/mol. The molecule has 60 valence electrons. The Bertz CT molecular complexity index is 230. The van der Waals surface area contributed by atoms with Crippen LogP contribution in [0.5, 0.6) is 0 Å². The van der Waals surface area contributed by atoms with Gasteiger partial charge in [-0.25, -0.2) is 0 Å². The maximum atomic E-state index is 8.71. The third kappa shape index (κ3) is 1.74. The van der Waals surface area contributed by atoms with Crippen molar-refractivity contribution < 1.29 is 0 Å². The molecule has 0 aromatic heterocycles. The Hall–Kier alpha value is -0.970. The van der Waals surface area contributed by atoms with Crippen LogP contribution < -0.4 is 5.73 Å². The highest BCUT2D eigenvalue weighted by atomic mass is 14.6. The summed E-state index contributed by atoms with van der Waals surface area (Å²) in [5, 5.41) is 8.71. The van der Waals surface area contributed by atoms with Gasteiger partial charge in [0.25, 0.3) is 0 Å². The van der Waals surface area contributed by atoms with Crippen LogP contribution in [0.4, 0.5) is 0 Å². The Morgan fingerprint density at radius 1 is 1.55 bits per heavy atom. The molecule has 0 aromatic carbocycles. The summed E-state index contributed by atoms with van der Waals surface area (Å²) in [6.07, 6.45) is 2.83. The lowest BCUT2D eigenvalue weighted by molar-refractivity contribution is 0.317. The van der Waals surface area contributed by atoms with E-state index in [1.54, 1.807) is 0 Å². The summed E-state index contributed by atoms with van der Waals surface area (Å²) < 4.78 is 0. The summed E-state index contributed by atoms with van der Waals surface area (Å²) in [5.41, 5.74) is 7.53. The van der Waals surface area contributed by atoms with E-state index >= 15 is 0 Å². The highest BCUT2D eigenvalue weighted by Gasteiger charge is 2.25. The van der Waals surface area contributed by atoms with Gasteiger partial charge in [0.05, 0.1) is 6.07 Å². The van der Waals surface area contributed by atoms with Crippen molar-refractivity contribution in [1.29, 1.82) is 5.26 Å². The molecule has 2 nitrogen and oxygen atoms in total. The van der Waals surface area contributed by atoms with E-state index < -0.39 is 0 Å². The molecule has 0 fully saturated rings. The van der Waals surface area contributed by atoms with Gasteiger partial charge in [-0.1, -0.05) is 13.8 Å². The molecule has 0 bridgehead atoms. The van der Waals surface area contributed by atoms with E-state index in [0.29, 0.717) is 0 Å². The summed E-state index contributed by atoms with van der Waals surface area (Å²) in [5.74, 6) is 0. The molecule has 0 heterocycles. The Labute approximate surface area is 67.7 Å². The molecule has 0 amide bonds. The van der Waals surface area contributed by atoms with Gasteiger partial charge in [0.1, 0.15) is 0 Å². The van der Waals surface area contributed by atoms with Gasteiger partial charge in [-0.3, -0.25) is 0 Å². The van der Waals surface area contributed by atoms with Gasteiger partial charge < -0.3 is 5.73 Å². The molecule has 0 saturated heterocycles. The molecule has 1 aliphatic rings. The Kier molecular flexibility index (Phi) is 1.90. The first-order valence-electron chi connectivity index (χ1n) is 3.93. The predicted octanol–water partition coefficient (Wildman–Crippen LogP) is 1.93. The average molecular weight is 150 g/mol. The zero-order valence-corrected chi connectivity index (χ0v) is 7.15. The van der Waals surface area contributed by atoms with Gasteiger partial charge in [-0.05, 0) is 24.7 Å². The molecule has 0 saturated carbocycles. The van der Waals surface area contributed by atoms with E-state index in [0.717, 1.165) is 30.5 Å². The Morgan fingerprint density at radius 3 is 2.64 bits per heavy atom. The fraction of sp³-hybridized carbons (Fsp3) is 0.667. The number of nitrogens with two attached hydrogens (primary N) is 1. The van der Waals surface area contributed by atoms with E-state index in [1.807, 2.05) is 0 Å². The van der Waals surface area contributed by atoms with Crippen molar-refractivity contribution in [3.05, 3.63) is 11.3 Å². The minimum Gasteiger partial charge on any atom is -0.401 e. The molecular weight excluding hydrogens is 136 g/mol. The highest BCUT2D eigenvalue weighted by Crippen LogP contribution is 2.36. The van der Waals surface area contributed by atoms with Crippen LogP contribution in [-0.4, -0.2) is 0 Å². The number of nitrogens with zero attached hydrogens (tertiary/aromatic N) is 1. The minimum absolute atomic E-state index is 0.272. The maximum absolute atomic E-state index is 8.71. The lowest BCUT2D eigenvalue weighted by atomic mass is 9.76. The Morgan fingerprint density at radius 2 is 2.18 bits per heavy atom. The molecule has 0 unspecified atom stereocenters. The fourth-order valence-corrected chi connectivity index (χ4v) is 1.42. The first kappa shape index (κ1) is 8.13. The molecule has 2 N–H and O–H groups in total. The minimum atomic E-state index is 0.272. The normalized spacial score (nSPS) is 23.0. The van der Waals surface area contributed by atoms with Gasteiger partial charge in [-0.15, -0.1) is 0 Å². The first-order chi connectivity index (χ1) is 5.05. The SMILES string of the molecule is CC1(C)CCC(N)=C(C#N)C1. The number of hydrogen-bond donors (Lipinski definition) is 1. The van der Waals surface area contributed by atoms with Gasteiger partial charge in [0, 0.05) is 11.3 Å². The van der Waals surface area contributed by atoms with Crippen LogP contribution in [0, 0.1) is 16.7 Å². The topological polar surface area (TPSA) is 49.8 Å². The zero-order valence-electron chi connectivity index (χ0n) is 7.15. The van der Waals surface area contributed by atoms with Crippen molar-refractivity contribution in [3.8, 4) is 6.07 Å². The van der Waals surface area contributed by atoms with Crippen molar-refractivity contribution >= 4 is 0 Å². The molecule has 11 heavy (non-hydrogen) atoms. The summed E-state index contributed by atoms with van der Waals surface area (Å²) in [4.78, 5) is 0. The first-order valence-corrected chi connectivity index (χ1v) is 3.93. The number of hydrogen-bond acceptors (Lipinski definition) is 2. The number of nitriles is 1. The summed E-state index contributed by atoms with van der Waals surface area (Å²) in [6, 6.07) is 2.16. The van der Waals surface area contributed by atoms with Gasteiger partial charge in [0.15, 0.2) is 0 Å². The standard InChI is InChI=1S/C9H14N2/c1-9(2)4-3-8(11)7(5-9)6-10/h3-5,11H2,1-2H3. The Balaban J connectivity index is 2.84. The molecule has 0 spiro atoms. The summed E-state index contributed by atoms with van der Waals surface area (Å²) in [7, 11) is 0. The molecule has 0 atom stereocenters. The monoisotopic (exact) mass is 150 g/mol. The van der Waals surface area contributed by atoms with Gasteiger partial charge in [0.2, 0.25) is 0 Å². The average Bonchev–Trinajstić information content (AvgIpc) is 1.94. The largest absolute Gasteiger partial charge is 0.401 e. The van der Waals surface area contributed by atoms with E-state index in [1.165, 1.54) is 0 Å². The number of rotatable bonds is 0. The molecule has 2 heteroatoms.